The molecule has 0 aliphatic carbocycles. The summed E-state index contributed by atoms with van der Waals surface area (Å²) in [6.45, 7) is 3.24. The number of carbonyl (C=O) groups is 2. The van der Waals surface area contributed by atoms with Crippen molar-refractivity contribution in [1.82, 2.24) is 10.6 Å². The van der Waals surface area contributed by atoms with Gasteiger partial charge >= 0.3 is 0 Å². The molecule has 0 bridgehead atoms. The number of anilines is 1. The van der Waals surface area contributed by atoms with Gasteiger partial charge in [0.2, 0.25) is 0 Å². The summed E-state index contributed by atoms with van der Waals surface area (Å²) in [5, 5.41) is 8.56. The molecular weight excluding hydrogens is 450 g/mol. The number of carbonyl (C=O) groups excluding carboxylic acids is 2. The van der Waals surface area contributed by atoms with Crippen molar-refractivity contribution < 1.29 is 19.1 Å². The van der Waals surface area contributed by atoms with Crippen LogP contribution in [0.4, 0.5) is 5.69 Å². The quantitative estimate of drug-likeness (QED) is 0.296. The topological polar surface area (TPSA) is 88.7 Å². The normalized spacial score (nSPS) is 10.1. The van der Waals surface area contributed by atoms with Gasteiger partial charge in [0.15, 0.2) is 5.11 Å². The fourth-order valence-electron chi connectivity index (χ4n) is 2.99. The van der Waals surface area contributed by atoms with Crippen molar-refractivity contribution in [3.8, 4) is 11.5 Å². The number of nitrogens with one attached hydrogen (secondary N) is 3. The van der Waals surface area contributed by atoms with Gasteiger partial charge in [-0.3, -0.25) is 14.9 Å². The summed E-state index contributed by atoms with van der Waals surface area (Å²) in [7, 11) is 0. The zero-order valence-electron chi connectivity index (χ0n) is 18.9. The van der Waals surface area contributed by atoms with E-state index in [1.54, 1.807) is 48.5 Å². The molecule has 0 unspecified atom stereocenters. The summed E-state index contributed by atoms with van der Waals surface area (Å²) in [4.78, 5) is 24.8. The second kappa shape index (κ2) is 13.0. The maximum absolute atomic E-state index is 12.8. The Hall–Kier alpha value is -3.91. The zero-order valence-corrected chi connectivity index (χ0v) is 19.7. The Balaban J connectivity index is 1.51. The van der Waals surface area contributed by atoms with Crippen molar-refractivity contribution in [3.63, 3.8) is 0 Å². The van der Waals surface area contributed by atoms with Gasteiger partial charge < -0.3 is 20.1 Å². The maximum Gasteiger partial charge on any atom is 0.261 e. The lowest BCUT2D eigenvalue weighted by atomic mass is 10.2. The van der Waals surface area contributed by atoms with E-state index in [0.29, 0.717) is 35.7 Å². The molecule has 0 aliphatic rings. The van der Waals surface area contributed by atoms with E-state index in [1.807, 2.05) is 37.3 Å². The predicted octanol–water partition coefficient (Wildman–Crippen LogP) is 4.41. The monoisotopic (exact) mass is 477 g/mol. The number of para-hydroxylation sites is 2. The van der Waals surface area contributed by atoms with Crippen LogP contribution >= 0.6 is 12.2 Å². The standard InChI is InChI=1S/C26H27N3O4S/c1-2-16-27-24(30)19-12-14-20(15-13-19)28-26(34)29-25(31)22-10-6-7-11-23(22)33-18-17-32-21-8-4-3-5-9-21/h3-15H,2,16-18H2,1H3,(H,27,30)(H2,28,29,31,34). The molecule has 0 heterocycles. The van der Waals surface area contributed by atoms with Gasteiger partial charge in [-0.05, 0) is 67.2 Å². The minimum absolute atomic E-state index is 0.130. The molecule has 3 N–H and O–H groups in total. The summed E-state index contributed by atoms with van der Waals surface area (Å²) >= 11 is 5.27. The first-order chi connectivity index (χ1) is 16.6. The molecule has 0 atom stereocenters. The largest absolute Gasteiger partial charge is 0.490 e. The van der Waals surface area contributed by atoms with E-state index in [4.69, 9.17) is 21.7 Å². The van der Waals surface area contributed by atoms with Gasteiger partial charge in [0.25, 0.3) is 11.8 Å². The summed E-state index contributed by atoms with van der Waals surface area (Å²) < 4.78 is 11.4. The average molecular weight is 478 g/mol. The van der Waals surface area contributed by atoms with E-state index in [-0.39, 0.29) is 17.6 Å². The number of thiocarbonyl (C=S) groups is 1. The molecule has 7 nitrogen and oxygen atoms in total. The van der Waals surface area contributed by atoms with Crippen LogP contribution in [0.25, 0.3) is 0 Å². The fourth-order valence-corrected chi connectivity index (χ4v) is 3.20. The molecule has 0 spiro atoms. The number of benzene rings is 3. The minimum atomic E-state index is -0.396. The summed E-state index contributed by atoms with van der Waals surface area (Å²) in [6, 6.07) is 23.2. The van der Waals surface area contributed by atoms with Crippen molar-refractivity contribution in [1.29, 1.82) is 0 Å². The molecule has 0 aromatic heterocycles. The molecule has 0 aliphatic heterocycles. The Morgan fingerprint density at radius 1 is 0.824 bits per heavy atom. The lowest BCUT2D eigenvalue weighted by molar-refractivity contribution is 0.0950. The number of rotatable bonds is 10. The smallest absolute Gasteiger partial charge is 0.261 e. The van der Waals surface area contributed by atoms with Crippen molar-refractivity contribution in [2.45, 2.75) is 13.3 Å². The third-order valence-electron chi connectivity index (χ3n) is 4.65. The highest BCUT2D eigenvalue weighted by Gasteiger charge is 2.14. The van der Waals surface area contributed by atoms with Gasteiger partial charge in [0.1, 0.15) is 24.7 Å². The predicted molar refractivity (Wildman–Crippen MR) is 137 cm³/mol. The van der Waals surface area contributed by atoms with E-state index < -0.39 is 5.91 Å². The van der Waals surface area contributed by atoms with E-state index >= 15 is 0 Å². The minimum Gasteiger partial charge on any atom is -0.490 e. The molecule has 0 fully saturated rings. The molecule has 0 saturated heterocycles. The molecular formula is C26H27N3O4S. The third-order valence-corrected chi connectivity index (χ3v) is 4.86. The molecule has 0 saturated carbocycles. The lowest BCUT2D eigenvalue weighted by Gasteiger charge is -2.13. The number of ether oxygens (including phenoxy) is 2. The summed E-state index contributed by atoms with van der Waals surface area (Å²) in [6.07, 6.45) is 0.870. The second-order valence-electron chi connectivity index (χ2n) is 7.25. The van der Waals surface area contributed by atoms with Crippen LogP contribution in [-0.4, -0.2) is 36.7 Å². The highest BCUT2D eigenvalue weighted by atomic mass is 32.1. The Morgan fingerprint density at radius 2 is 1.50 bits per heavy atom. The molecule has 8 heteroatoms. The third kappa shape index (κ3) is 7.60. The van der Waals surface area contributed by atoms with Crippen LogP contribution in [-0.2, 0) is 0 Å². The van der Waals surface area contributed by atoms with Crippen molar-refractivity contribution in [2.24, 2.45) is 0 Å². The van der Waals surface area contributed by atoms with Crippen LogP contribution in [0, 0.1) is 0 Å². The van der Waals surface area contributed by atoms with Gasteiger partial charge in [-0.15, -0.1) is 0 Å². The van der Waals surface area contributed by atoms with E-state index in [0.717, 1.165) is 12.2 Å². The molecule has 34 heavy (non-hydrogen) atoms. The fraction of sp³-hybridized carbons (Fsp3) is 0.192. The molecule has 3 aromatic carbocycles. The van der Waals surface area contributed by atoms with E-state index in [2.05, 4.69) is 16.0 Å². The first kappa shape index (κ1) is 24.7. The maximum atomic E-state index is 12.8. The molecule has 3 rings (SSSR count). The molecule has 3 aromatic rings. The Kier molecular flexibility index (Phi) is 9.42. The van der Waals surface area contributed by atoms with Gasteiger partial charge in [-0.2, -0.15) is 0 Å². The van der Waals surface area contributed by atoms with Crippen molar-refractivity contribution >= 4 is 34.8 Å². The van der Waals surface area contributed by atoms with Crippen LogP contribution in [0.15, 0.2) is 78.9 Å². The Morgan fingerprint density at radius 3 is 2.24 bits per heavy atom. The highest BCUT2D eigenvalue weighted by Crippen LogP contribution is 2.18. The van der Waals surface area contributed by atoms with Gasteiger partial charge in [0.05, 0.1) is 5.56 Å². The Labute approximate surface area is 204 Å². The van der Waals surface area contributed by atoms with Gasteiger partial charge in [-0.25, -0.2) is 0 Å². The van der Waals surface area contributed by atoms with Crippen LogP contribution in [0.1, 0.15) is 34.1 Å². The summed E-state index contributed by atoms with van der Waals surface area (Å²) in [5.41, 5.74) is 1.56. The highest BCUT2D eigenvalue weighted by molar-refractivity contribution is 7.80. The molecule has 2 amide bonds. The number of hydrogen-bond acceptors (Lipinski definition) is 5. The van der Waals surface area contributed by atoms with Crippen LogP contribution in [0.2, 0.25) is 0 Å². The average Bonchev–Trinajstić information content (AvgIpc) is 2.86. The number of hydrogen-bond donors (Lipinski definition) is 3. The Bertz CT molecular complexity index is 1100. The van der Waals surface area contributed by atoms with Crippen LogP contribution in [0.5, 0.6) is 11.5 Å². The van der Waals surface area contributed by atoms with Gasteiger partial charge in [0, 0.05) is 17.8 Å². The lowest BCUT2D eigenvalue weighted by Crippen LogP contribution is -2.34. The second-order valence-corrected chi connectivity index (χ2v) is 7.66. The SMILES string of the molecule is CCCNC(=O)c1ccc(NC(=S)NC(=O)c2ccccc2OCCOc2ccccc2)cc1. The molecule has 176 valence electrons. The first-order valence-corrected chi connectivity index (χ1v) is 11.4. The summed E-state index contributed by atoms with van der Waals surface area (Å²) in [5.74, 6) is 0.660. The zero-order chi connectivity index (χ0) is 24.2. The van der Waals surface area contributed by atoms with Crippen LogP contribution < -0.4 is 25.4 Å². The number of amides is 2. The first-order valence-electron chi connectivity index (χ1n) is 11.0. The van der Waals surface area contributed by atoms with E-state index in [1.165, 1.54) is 0 Å². The van der Waals surface area contributed by atoms with Crippen LogP contribution in [0.3, 0.4) is 0 Å². The van der Waals surface area contributed by atoms with E-state index in [9.17, 15) is 9.59 Å². The van der Waals surface area contributed by atoms with Crippen molar-refractivity contribution in [3.05, 3.63) is 90.0 Å². The van der Waals surface area contributed by atoms with Gasteiger partial charge in [-0.1, -0.05) is 37.3 Å². The molecule has 0 radical (unpaired) electrons. The van der Waals surface area contributed by atoms with Crippen molar-refractivity contribution in [2.75, 3.05) is 25.1 Å².